The van der Waals surface area contributed by atoms with Crippen LogP contribution in [0.5, 0.6) is 5.75 Å². The molecule has 25 heavy (non-hydrogen) atoms. The van der Waals surface area contributed by atoms with E-state index in [-0.39, 0.29) is 12.0 Å². The number of nitrogen functional groups attached to an aromatic ring is 1. The smallest absolute Gasteiger partial charge is 0.255 e. The Balaban J connectivity index is 1.29. The van der Waals surface area contributed by atoms with Crippen LogP contribution in [0.25, 0.3) is 0 Å². The van der Waals surface area contributed by atoms with Gasteiger partial charge in [-0.25, -0.2) is 0 Å². The lowest BCUT2D eigenvalue weighted by molar-refractivity contribution is 0.0171. The molecule has 1 aliphatic heterocycles. The summed E-state index contributed by atoms with van der Waals surface area (Å²) < 4.78 is 5.96. The third-order valence-corrected chi connectivity index (χ3v) is 4.77. The lowest BCUT2D eigenvalue weighted by Crippen LogP contribution is -2.54. The summed E-state index contributed by atoms with van der Waals surface area (Å²) in [6.45, 7) is 3.24. The van der Waals surface area contributed by atoms with Gasteiger partial charge in [0.05, 0.1) is 11.4 Å². The molecule has 0 spiro atoms. The number of carbonyl (C=O) groups excluding carboxylic acids is 1. The number of ether oxygens (including phenoxy) is 1. The molecule has 1 heterocycles. The third-order valence-electron chi connectivity index (χ3n) is 4.77. The molecule has 130 valence electrons. The van der Waals surface area contributed by atoms with Gasteiger partial charge in [0, 0.05) is 25.2 Å². The van der Waals surface area contributed by atoms with E-state index in [1.54, 1.807) is 24.3 Å². The van der Waals surface area contributed by atoms with Crippen molar-refractivity contribution in [2.75, 3.05) is 30.7 Å². The average molecular weight is 337 g/mol. The van der Waals surface area contributed by atoms with E-state index in [0.29, 0.717) is 16.9 Å². The molecule has 0 radical (unpaired) electrons. The van der Waals surface area contributed by atoms with E-state index in [0.717, 1.165) is 24.8 Å². The summed E-state index contributed by atoms with van der Waals surface area (Å²) in [5.41, 5.74) is 7.61. The highest BCUT2D eigenvalue weighted by molar-refractivity contribution is 6.05. The highest BCUT2D eigenvalue weighted by Crippen LogP contribution is 2.31. The zero-order valence-electron chi connectivity index (χ0n) is 14.2. The fourth-order valence-electron chi connectivity index (χ4n) is 3.09. The molecule has 3 N–H and O–H groups in total. The van der Waals surface area contributed by atoms with Gasteiger partial charge in [0.25, 0.3) is 5.91 Å². The highest BCUT2D eigenvalue weighted by Gasteiger charge is 2.33. The van der Waals surface area contributed by atoms with Crippen molar-refractivity contribution in [3.63, 3.8) is 0 Å². The van der Waals surface area contributed by atoms with E-state index in [1.807, 2.05) is 24.3 Å². The van der Waals surface area contributed by atoms with Gasteiger partial charge < -0.3 is 15.8 Å². The molecule has 0 atom stereocenters. The minimum absolute atomic E-state index is 0.177. The minimum atomic E-state index is -0.177. The van der Waals surface area contributed by atoms with Crippen LogP contribution >= 0.6 is 0 Å². The Morgan fingerprint density at radius 3 is 2.52 bits per heavy atom. The first-order valence-corrected chi connectivity index (χ1v) is 8.82. The van der Waals surface area contributed by atoms with Crippen LogP contribution in [-0.2, 0) is 0 Å². The molecule has 0 aromatic heterocycles. The molecule has 1 saturated heterocycles. The summed E-state index contributed by atoms with van der Waals surface area (Å²) in [6, 6.07) is 14.5. The molecule has 0 unspecified atom stereocenters. The molecule has 1 amide bonds. The van der Waals surface area contributed by atoms with E-state index in [4.69, 9.17) is 10.5 Å². The second-order valence-electron chi connectivity index (χ2n) is 6.97. The molecule has 2 aliphatic rings. The fraction of sp³-hybridized carbons (Fsp3) is 0.350. The first-order valence-electron chi connectivity index (χ1n) is 8.82. The fourth-order valence-corrected chi connectivity index (χ4v) is 3.09. The summed E-state index contributed by atoms with van der Waals surface area (Å²) >= 11 is 0. The lowest BCUT2D eigenvalue weighted by atomic mass is 10.1. The highest BCUT2D eigenvalue weighted by atomic mass is 16.5. The largest absolute Gasteiger partial charge is 0.488 e. The summed E-state index contributed by atoms with van der Waals surface area (Å²) in [7, 11) is 0. The van der Waals surface area contributed by atoms with Crippen LogP contribution in [0, 0.1) is 5.92 Å². The number of nitrogens with two attached hydrogens (primary N) is 1. The van der Waals surface area contributed by atoms with Crippen LogP contribution < -0.4 is 15.8 Å². The number of hydrogen-bond acceptors (Lipinski definition) is 4. The molecular formula is C20H23N3O2. The van der Waals surface area contributed by atoms with Crippen molar-refractivity contribution in [2.24, 2.45) is 5.92 Å². The van der Waals surface area contributed by atoms with Crippen LogP contribution in [0.3, 0.4) is 0 Å². The van der Waals surface area contributed by atoms with E-state index in [1.165, 1.54) is 19.4 Å². The second kappa shape index (κ2) is 6.76. The number of amides is 1. The van der Waals surface area contributed by atoms with Crippen molar-refractivity contribution >= 4 is 17.3 Å². The average Bonchev–Trinajstić information content (AvgIpc) is 3.40. The van der Waals surface area contributed by atoms with Crippen molar-refractivity contribution in [2.45, 2.75) is 18.9 Å². The van der Waals surface area contributed by atoms with Gasteiger partial charge in [-0.05, 0) is 55.2 Å². The molecule has 2 aromatic carbocycles. The van der Waals surface area contributed by atoms with E-state index in [9.17, 15) is 4.79 Å². The topological polar surface area (TPSA) is 67.6 Å². The molecule has 1 saturated carbocycles. The Bertz CT molecular complexity index is 750. The second-order valence-corrected chi connectivity index (χ2v) is 6.97. The Hall–Kier alpha value is -2.53. The van der Waals surface area contributed by atoms with Gasteiger partial charge in [-0.3, -0.25) is 9.69 Å². The van der Waals surface area contributed by atoms with Gasteiger partial charge in [-0.1, -0.05) is 12.1 Å². The maximum atomic E-state index is 12.3. The number of likely N-dealkylation sites (tertiary alicyclic amines) is 1. The summed E-state index contributed by atoms with van der Waals surface area (Å²) in [5, 5.41) is 2.83. The van der Waals surface area contributed by atoms with Crippen molar-refractivity contribution in [3.8, 4) is 5.75 Å². The summed E-state index contributed by atoms with van der Waals surface area (Å²) in [6.07, 6.45) is 3.04. The predicted octanol–water partition coefficient (Wildman–Crippen LogP) is 2.99. The van der Waals surface area contributed by atoms with Gasteiger partial charge in [-0.15, -0.1) is 0 Å². The summed E-state index contributed by atoms with van der Waals surface area (Å²) in [5.74, 6) is 1.56. The van der Waals surface area contributed by atoms with Crippen molar-refractivity contribution < 1.29 is 9.53 Å². The van der Waals surface area contributed by atoms with Crippen LogP contribution in [0.2, 0.25) is 0 Å². The number of rotatable bonds is 6. The van der Waals surface area contributed by atoms with Crippen LogP contribution in [0.1, 0.15) is 23.2 Å². The van der Waals surface area contributed by atoms with Crippen molar-refractivity contribution in [1.29, 1.82) is 0 Å². The SMILES string of the molecule is Nc1ccccc1NC(=O)c1ccc(OC2CN(CC3CC3)C2)cc1. The molecule has 2 fully saturated rings. The Kier molecular flexibility index (Phi) is 4.32. The van der Waals surface area contributed by atoms with Gasteiger partial charge in [0.2, 0.25) is 0 Å². The molecular weight excluding hydrogens is 314 g/mol. The van der Waals surface area contributed by atoms with Gasteiger partial charge in [0.1, 0.15) is 11.9 Å². The summed E-state index contributed by atoms with van der Waals surface area (Å²) in [4.78, 5) is 14.8. The van der Waals surface area contributed by atoms with Crippen molar-refractivity contribution in [1.82, 2.24) is 4.90 Å². The standard InChI is InChI=1S/C20H23N3O2/c21-18-3-1-2-4-19(18)22-20(24)15-7-9-16(10-8-15)25-17-12-23(13-17)11-14-5-6-14/h1-4,7-10,14,17H,5-6,11-13,21H2,(H,22,24). The number of nitrogens with zero attached hydrogens (tertiary/aromatic N) is 1. The normalized spacial score (nSPS) is 17.8. The monoisotopic (exact) mass is 337 g/mol. The first-order chi connectivity index (χ1) is 12.2. The Morgan fingerprint density at radius 2 is 1.84 bits per heavy atom. The zero-order chi connectivity index (χ0) is 17.2. The van der Waals surface area contributed by atoms with Gasteiger partial charge in [-0.2, -0.15) is 0 Å². The molecule has 2 aromatic rings. The minimum Gasteiger partial charge on any atom is -0.488 e. The quantitative estimate of drug-likeness (QED) is 0.795. The van der Waals surface area contributed by atoms with Crippen LogP contribution in [0.4, 0.5) is 11.4 Å². The third kappa shape index (κ3) is 3.94. The Morgan fingerprint density at radius 1 is 1.12 bits per heavy atom. The van der Waals surface area contributed by atoms with Crippen LogP contribution in [-0.4, -0.2) is 36.5 Å². The molecule has 5 heteroatoms. The number of carbonyl (C=O) groups is 1. The van der Waals surface area contributed by atoms with Gasteiger partial charge >= 0.3 is 0 Å². The maximum absolute atomic E-state index is 12.3. The number of benzene rings is 2. The maximum Gasteiger partial charge on any atom is 0.255 e. The molecule has 1 aliphatic carbocycles. The molecule has 4 rings (SSSR count). The van der Waals surface area contributed by atoms with E-state index >= 15 is 0 Å². The lowest BCUT2D eigenvalue weighted by Gasteiger charge is -2.39. The number of hydrogen-bond donors (Lipinski definition) is 2. The number of anilines is 2. The van der Waals surface area contributed by atoms with Crippen molar-refractivity contribution in [3.05, 3.63) is 54.1 Å². The van der Waals surface area contributed by atoms with E-state index < -0.39 is 0 Å². The van der Waals surface area contributed by atoms with Crippen LogP contribution in [0.15, 0.2) is 48.5 Å². The predicted molar refractivity (Wildman–Crippen MR) is 98.8 cm³/mol. The number of nitrogens with one attached hydrogen (secondary N) is 1. The molecule has 5 nitrogen and oxygen atoms in total. The Labute approximate surface area is 147 Å². The zero-order valence-corrected chi connectivity index (χ0v) is 14.2. The molecule has 0 bridgehead atoms. The van der Waals surface area contributed by atoms with E-state index in [2.05, 4.69) is 10.2 Å². The first kappa shape index (κ1) is 16.0. The van der Waals surface area contributed by atoms with Gasteiger partial charge in [0.15, 0.2) is 0 Å². The number of para-hydroxylation sites is 2.